The third-order valence-corrected chi connectivity index (χ3v) is 6.49. The van der Waals surface area contributed by atoms with Crippen molar-refractivity contribution in [2.45, 2.75) is 38.5 Å². The van der Waals surface area contributed by atoms with Gasteiger partial charge in [-0.1, -0.05) is 60.7 Å². The number of benzene rings is 2. The molecule has 2 aliphatic rings. The van der Waals surface area contributed by atoms with Gasteiger partial charge < -0.3 is 10.2 Å². The van der Waals surface area contributed by atoms with Crippen LogP contribution in [0.3, 0.4) is 0 Å². The monoisotopic (exact) mass is 443 g/mol. The van der Waals surface area contributed by atoms with E-state index in [-0.39, 0.29) is 17.9 Å². The summed E-state index contributed by atoms with van der Waals surface area (Å²) in [5, 5.41) is 7.55. The van der Waals surface area contributed by atoms with Crippen molar-refractivity contribution in [3.05, 3.63) is 89.2 Å². The van der Waals surface area contributed by atoms with Gasteiger partial charge in [0.1, 0.15) is 5.69 Å². The number of piperidine rings is 1. The van der Waals surface area contributed by atoms with E-state index in [9.17, 15) is 9.59 Å². The molecule has 1 saturated heterocycles. The van der Waals surface area contributed by atoms with Gasteiger partial charge in [-0.05, 0) is 24.0 Å². The highest BCUT2D eigenvalue weighted by Gasteiger charge is 2.29. The molecule has 7 nitrogen and oxygen atoms in total. The standard InChI is InChI=1S/C26H29N5O2/c32-25(27-22-11-13-29(14-12-22)18-20-7-3-1-4-8-20)23-17-24-26(33)30(15-16-31(24)28-23)19-21-9-5-2-6-10-21/h1-10,17,22H,11-16,18-19H2,(H,27,32). The van der Waals surface area contributed by atoms with Crippen LogP contribution in [-0.2, 0) is 19.6 Å². The smallest absolute Gasteiger partial charge is 0.272 e. The van der Waals surface area contributed by atoms with Crippen LogP contribution in [0, 0.1) is 0 Å². The molecule has 0 bridgehead atoms. The van der Waals surface area contributed by atoms with Crippen molar-refractivity contribution in [2.75, 3.05) is 19.6 Å². The Morgan fingerprint density at radius 1 is 0.879 bits per heavy atom. The lowest BCUT2D eigenvalue weighted by Gasteiger charge is -2.32. The molecule has 170 valence electrons. The summed E-state index contributed by atoms with van der Waals surface area (Å²) >= 11 is 0. The summed E-state index contributed by atoms with van der Waals surface area (Å²) in [4.78, 5) is 30.1. The second-order valence-corrected chi connectivity index (χ2v) is 8.86. The Morgan fingerprint density at radius 3 is 2.18 bits per heavy atom. The van der Waals surface area contributed by atoms with Crippen molar-refractivity contribution >= 4 is 11.8 Å². The van der Waals surface area contributed by atoms with Gasteiger partial charge in [0.2, 0.25) is 0 Å². The van der Waals surface area contributed by atoms with Gasteiger partial charge in [-0.2, -0.15) is 5.10 Å². The van der Waals surface area contributed by atoms with E-state index in [2.05, 4.69) is 39.6 Å². The number of carbonyl (C=O) groups excluding carboxylic acids is 2. The van der Waals surface area contributed by atoms with Crippen LogP contribution in [0.1, 0.15) is 44.9 Å². The SMILES string of the molecule is O=C(NC1CCN(Cc2ccccc2)CC1)c1cc2n(n1)CCN(Cc1ccccc1)C2=O. The summed E-state index contributed by atoms with van der Waals surface area (Å²) in [5.41, 5.74) is 3.22. The number of hydrogen-bond donors (Lipinski definition) is 1. The van der Waals surface area contributed by atoms with Crippen molar-refractivity contribution in [1.82, 2.24) is 24.9 Å². The molecule has 0 unspecified atom stereocenters. The van der Waals surface area contributed by atoms with Crippen LogP contribution in [-0.4, -0.2) is 57.1 Å². The average molecular weight is 444 g/mol. The Bertz CT molecular complexity index is 1100. The summed E-state index contributed by atoms with van der Waals surface area (Å²) in [7, 11) is 0. The zero-order valence-electron chi connectivity index (χ0n) is 18.7. The van der Waals surface area contributed by atoms with Crippen LogP contribution in [0.4, 0.5) is 0 Å². The second kappa shape index (κ2) is 9.58. The van der Waals surface area contributed by atoms with E-state index in [1.165, 1.54) is 5.56 Å². The molecule has 0 spiro atoms. The highest BCUT2D eigenvalue weighted by Crippen LogP contribution is 2.18. The van der Waals surface area contributed by atoms with Gasteiger partial charge in [-0.15, -0.1) is 0 Å². The summed E-state index contributed by atoms with van der Waals surface area (Å²) in [6, 6.07) is 22.2. The molecule has 2 aromatic carbocycles. The third-order valence-electron chi connectivity index (χ3n) is 6.49. The molecular weight excluding hydrogens is 414 g/mol. The first-order valence-electron chi connectivity index (χ1n) is 11.6. The van der Waals surface area contributed by atoms with Crippen LogP contribution in [0.5, 0.6) is 0 Å². The maximum atomic E-state index is 13.0. The molecule has 1 aromatic heterocycles. The molecule has 1 fully saturated rings. The van der Waals surface area contributed by atoms with E-state index in [4.69, 9.17) is 0 Å². The zero-order chi connectivity index (χ0) is 22.6. The molecule has 2 amide bonds. The number of aromatic nitrogens is 2. The van der Waals surface area contributed by atoms with Crippen molar-refractivity contribution < 1.29 is 9.59 Å². The number of carbonyl (C=O) groups is 2. The normalized spacial score (nSPS) is 17.1. The van der Waals surface area contributed by atoms with Crippen LogP contribution < -0.4 is 5.32 Å². The quantitative estimate of drug-likeness (QED) is 0.636. The van der Waals surface area contributed by atoms with Gasteiger partial charge in [0.25, 0.3) is 11.8 Å². The van der Waals surface area contributed by atoms with E-state index in [0.29, 0.717) is 31.0 Å². The minimum atomic E-state index is -0.194. The Hall–Kier alpha value is -3.45. The Balaban J connectivity index is 1.16. The maximum absolute atomic E-state index is 13.0. The molecule has 2 aliphatic heterocycles. The molecular formula is C26H29N5O2. The fraction of sp³-hybridized carbons (Fsp3) is 0.346. The van der Waals surface area contributed by atoms with Crippen molar-refractivity contribution in [3.8, 4) is 0 Å². The number of rotatable bonds is 6. The fourth-order valence-corrected chi connectivity index (χ4v) is 4.64. The van der Waals surface area contributed by atoms with Gasteiger partial charge in [-0.3, -0.25) is 19.2 Å². The summed E-state index contributed by atoms with van der Waals surface area (Å²) in [5.74, 6) is -0.272. The van der Waals surface area contributed by atoms with E-state index < -0.39 is 0 Å². The van der Waals surface area contributed by atoms with Gasteiger partial charge in [0, 0.05) is 44.8 Å². The van der Waals surface area contributed by atoms with E-state index in [1.807, 2.05) is 41.3 Å². The van der Waals surface area contributed by atoms with Crippen molar-refractivity contribution in [3.63, 3.8) is 0 Å². The summed E-state index contributed by atoms with van der Waals surface area (Å²) in [6.07, 6.45) is 1.83. The molecule has 1 N–H and O–H groups in total. The largest absolute Gasteiger partial charge is 0.348 e. The third kappa shape index (κ3) is 4.98. The molecule has 0 radical (unpaired) electrons. The highest BCUT2D eigenvalue weighted by atomic mass is 16.2. The topological polar surface area (TPSA) is 70.5 Å². The van der Waals surface area contributed by atoms with Crippen LogP contribution >= 0.6 is 0 Å². The Morgan fingerprint density at radius 2 is 1.52 bits per heavy atom. The molecule has 3 heterocycles. The number of nitrogens with zero attached hydrogens (tertiary/aromatic N) is 4. The molecule has 0 atom stereocenters. The number of likely N-dealkylation sites (tertiary alicyclic amines) is 1. The van der Waals surface area contributed by atoms with Gasteiger partial charge in [0.05, 0.1) is 6.54 Å². The van der Waals surface area contributed by atoms with Crippen molar-refractivity contribution in [1.29, 1.82) is 0 Å². The number of hydrogen-bond acceptors (Lipinski definition) is 4. The molecule has 7 heteroatoms. The summed E-state index contributed by atoms with van der Waals surface area (Å²) < 4.78 is 1.67. The molecule has 5 rings (SSSR count). The van der Waals surface area contributed by atoms with E-state index >= 15 is 0 Å². The van der Waals surface area contributed by atoms with E-state index in [1.54, 1.807) is 10.7 Å². The Labute approximate surface area is 194 Å². The predicted molar refractivity (Wildman–Crippen MR) is 126 cm³/mol. The molecule has 3 aromatic rings. The predicted octanol–water partition coefficient (Wildman–Crippen LogP) is 2.93. The van der Waals surface area contributed by atoms with Gasteiger partial charge >= 0.3 is 0 Å². The molecule has 0 saturated carbocycles. The number of amides is 2. The lowest BCUT2D eigenvalue weighted by atomic mass is 10.0. The van der Waals surface area contributed by atoms with Crippen LogP contribution in [0.25, 0.3) is 0 Å². The van der Waals surface area contributed by atoms with Crippen LogP contribution in [0.15, 0.2) is 66.7 Å². The van der Waals surface area contributed by atoms with Crippen LogP contribution in [0.2, 0.25) is 0 Å². The molecule has 33 heavy (non-hydrogen) atoms. The number of fused-ring (bicyclic) bond motifs is 1. The van der Waals surface area contributed by atoms with E-state index in [0.717, 1.165) is 38.0 Å². The first-order chi connectivity index (χ1) is 16.2. The first kappa shape index (κ1) is 21.4. The average Bonchev–Trinajstić information content (AvgIpc) is 3.29. The lowest BCUT2D eigenvalue weighted by Crippen LogP contribution is -2.44. The fourth-order valence-electron chi connectivity index (χ4n) is 4.64. The molecule has 0 aliphatic carbocycles. The lowest BCUT2D eigenvalue weighted by molar-refractivity contribution is 0.0683. The minimum Gasteiger partial charge on any atom is -0.348 e. The number of nitrogens with one attached hydrogen (secondary N) is 1. The van der Waals surface area contributed by atoms with Gasteiger partial charge in [-0.25, -0.2) is 0 Å². The summed E-state index contributed by atoms with van der Waals surface area (Å²) in [6.45, 7) is 4.59. The first-order valence-corrected chi connectivity index (χ1v) is 11.6. The second-order valence-electron chi connectivity index (χ2n) is 8.86. The zero-order valence-corrected chi connectivity index (χ0v) is 18.7. The van der Waals surface area contributed by atoms with Crippen molar-refractivity contribution in [2.24, 2.45) is 0 Å². The maximum Gasteiger partial charge on any atom is 0.272 e. The van der Waals surface area contributed by atoms with Gasteiger partial charge in [0.15, 0.2) is 5.69 Å². The Kier molecular flexibility index (Phi) is 6.21. The highest BCUT2D eigenvalue weighted by molar-refractivity contribution is 5.98. The minimum absolute atomic E-state index is 0.0779.